The number of carbonyl (C=O) groups is 1. The summed E-state index contributed by atoms with van der Waals surface area (Å²) in [6.45, 7) is 3.36. The van der Waals surface area contributed by atoms with Crippen molar-refractivity contribution in [1.29, 1.82) is 0 Å². The van der Waals surface area contributed by atoms with Gasteiger partial charge in [-0.05, 0) is 32.2 Å². The third kappa shape index (κ3) is 4.26. The molecule has 0 spiro atoms. The molecule has 0 bridgehead atoms. The van der Waals surface area contributed by atoms with Crippen LogP contribution in [0, 0.1) is 0 Å². The Morgan fingerprint density at radius 2 is 2.29 bits per heavy atom. The standard InChI is InChI=1S/C12H22N2O3/c15-10-3-1-5-14(8-10)9-12(16)13-7-11-4-2-6-17-11/h10-11,15H,1-9H2,(H,13,16)/t10-,11-/m0/s1. The smallest absolute Gasteiger partial charge is 0.234 e. The molecule has 5 heteroatoms. The van der Waals surface area contributed by atoms with Crippen LogP contribution in [0.4, 0.5) is 0 Å². The molecule has 1 amide bonds. The third-order valence-electron chi connectivity index (χ3n) is 3.40. The van der Waals surface area contributed by atoms with Crippen molar-refractivity contribution in [1.82, 2.24) is 10.2 Å². The van der Waals surface area contributed by atoms with Crippen LogP contribution >= 0.6 is 0 Å². The lowest BCUT2D eigenvalue weighted by Crippen LogP contribution is -2.45. The molecule has 0 saturated carbocycles. The van der Waals surface area contributed by atoms with E-state index >= 15 is 0 Å². The normalized spacial score (nSPS) is 30.4. The molecule has 2 fully saturated rings. The Kier molecular flexibility index (Phi) is 4.76. The zero-order chi connectivity index (χ0) is 12.1. The van der Waals surface area contributed by atoms with Gasteiger partial charge in [-0.15, -0.1) is 0 Å². The fraction of sp³-hybridized carbons (Fsp3) is 0.917. The number of nitrogens with zero attached hydrogens (tertiary/aromatic N) is 1. The van der Waals surface area contributed by atoms with E-state index in [0.29, 0.717) is 19.6 Å². The quantitative estimate of drug-likeness (QED) is 0.713. The van der Waals surface area contributed by atoms with E-state index < -0.39 is 0 Å². The van der Waals surface area contributed by atoms with E-state index in [0.717, 1.165) is 38.8 Å². The molecule has 2 N–H and O–H groups in total. The highest BCUT2D eigenvalue weighted by atomic mass is 16.5. The minimum absolute atomic E-state index is 0.0367. The van der Waals surface area contributed by atoms with Crippen LogP contribution in [0.3, 0.4) is 0 Å². The lowest BCUT2D eigenvalue weighted by Gasteiger charge is -2.29. The number of carbonyl (C=O) groups excluding carboxylic acids is 1. The molecule has 0 radical (unpaired) electrons. The largest absolute Gasteiger partial charge is 0.392 e. The molecule has 2 aliphatic rings. The van der Waals surface area contributed by atoms with Gasteiger partial charge in [0.15, 0.2) is 0 Å². The molecule has 17 heavy (non-hydrogen) atoms. The van der Waals surface area contributed by atoms with Crippen LogP contribution in [0.5, 0.6) is 0 Å². The van der Waals surface area contributed by atoms with Crippen molar-refractivity contribution < 1.29 is 14.6 Å². The lowest BCUT2D eigenvalue weighted by atomic mass is 10.1. The van der Waals surface area contributed by atoms with Crippen molar-refractivity contribution >= 4 is 5.91 Å². The SMILES string of the molecule is O=C(CN1CCC[C@H](O)C1)NC[C@@H]1CCCO1. The summed E-state index contributed by atoms with van der Waals surface area (Å²) in [6, 6.07) is 0. The first-order chi connectivity index (χ1) is 8.24. The number of rotatable bonds is 4. The number of amides is 1. The van der Waals surface area contributed by atoms with Crippen LogP contribution < -0.4 is 5.32 Å². The number of likely N-dealkylation sites (tertiary alicyclic amines) is 1. The Hall–Kier alpha value is -0.650. The summed E-state index contributed by atoms with van der Waals surface area (Å²) in [4.78, 5) is 13.7. The number of aliphatic hydroxyl groups is 1. The highest BCUT2D eigenvalue weighted by Gasteiger charge is 2.20. The average Bonchev–Trinajstić information content (AvgIpc) is 2.79. The van der Waals surface area contributed by atoms with Gasteiger partial charge < -0.3 is 15.2 Å². The summed E-state index contributed by atoms with van der Waals surface area (Å²) in [7, 11) is 0. The van der Waals surface area contributed by atoms with Gasteiger partial charge in [0.2, 0.25) is 5.91 Å². The summed E-state index contributed by atoms with van der Waals surface area (Å²) in [5, 5.41) is 12.4. The van der Waals surface area contributed by atoms with Gasteiger partial charge in [-0.2, -0.15) is 0 Å². The second-order valence-electron chi connectivity index (χ2n) is 4.97. The fourth-order valence-electron chi connectivity index (χ4n) is 2.47. The molecule has 0 unspecified atom stereocenters. The van der Waals surface area contributed by atoms with E-state index in [1.165, 1.54) is 0 Å². The number of piperidine rings is 1. The van der Waals surface area contributed by atoms with E-state index in [9.17, 15) is 9.90 Å². The minimum Gasteiger partial charge on any atom is -0.392 e. The Morgan fingerprint density at radius 1 is 1.41 bits per heavy atom. The first-order valence-electron chi connectivity index (χ1n) is 6.53. The zero-order valence-electron chi connectivity index (χ0n) is 10.2. The van der Waals surface area contributed by atoms with Crippen LogP contribution in [0.25, 0.3) is 0 Å². The van der Waals surface area contributed by atoms with Crippen molar-refractivity contribution in [2.75, 3.05) is 32.8 Å². The van der Waals surface area contributed by atoms with Crippen LogP contribution in [-0.2, 0) is 9.53 Å². The second kappa shape index (κ2) is 6.33. The summed E-state index contributed by atoms with van der Waals surface area (Å²) in [6.07, 6.45) is 3.90. The summed E-state index contributed by atoms with van der Waals surface area (Å²) >= 11 is 0. The van der Waals surface area contributed by atoms with E-state index in [2.05, 4.69) is 5.32 Å². The maximum absolute atomic E-state index is 11.7. The highest BCUT2D eigenvalue weighted by Crippen LogP contribution is 2.11. The predicted octanol–water partition coefficient (Wildman–Crippen LogP) is -0.262. The van der Waals surface area contributed by atoms with Crippen molar-refractivity contribution in [2.24, 2.45) is 0 Å². The molecule has 5 nitrogen and oxygen atoms in total. The molecular formula is C12H22N2O3. The number of β-amino-alcohol motifs (C(OH)–C–C–N with tert-alkyl or cyclic N) is 1. The first kappa shape index (κ1) is 12.8. The van der Waals surface area contributed by atoms with Crippen molar-refractivity contribution in [3.63, 3.8) is 0 Å². The molecule has 2 saturated heterocycles. The number of nitrogens with one attached hydrogen (secondary N) is 1. The minimum atomic E-state index is -0.269. The number of aliphatic hydroxyl groups excluding tert-OH is 1. The maximum Gasteiger partial charge on any atom is 0.234 e. The molecule has 0 aromatic heterocycles. The van der Waals surface area contributed by atoms with E-state index in [4.69, 9.17) is 4.74 Å². The molecule has 2 atom stereocenters. The summed E-state index contributed by atoms with van der Waals surface area (Å²) in [5.41, 5.74) is 0. The summed E-state index contributed by atoms with van der Waals surface area (Å²) in [5.74, 6) is 0.0367. The van der Waals surface area contributed by atoms with Gasteiger partial charge in [0.05, 0.1) is 18.8 Å². The molecule has 2 rings (SSSR count). The molecule has 0 aromatic rings. The zero-order valence-corrected chi connectivity index (χ0v) is 10.2. The van der Waals surface area contributed by atoms with Crippen molar-refractivity contribution in [3.05, 3.63) is 0 Å². The van der Waals surface area contributed by atoms with Gasteiger partial charge >= 0.3 is 0 Å². The molecule has 2 aliphatic heterocycles. The van der Waals surface area contributed by atoms with Crippen LogP contribution in [0.1, 0.15) is 25.7 Å². The molecule has 2 heterocycles. The Labute approximate surface area is 102 Å². The van der Waals surface area contributed by atoms with E-state index in [1.807, 2.05) is 4.90 Å². The van der Waals surface area contributed by atoms with Gasteiger partial charge in [0, 0.05) is 19.7 Å². The third-order valence-corrected chi connectivity index (χ3v) is 3.40. The molecule has 0 aliphatic carbocycles. The van der Waals surface area contributed by atoms with Gasteiger partial charge in [-0.25, -0.2) is 0 Å². The van der Waals surface area contributed by atoms with Gasteiger partial charge in [-0.1, -0.05) is 0 Å². The monoisotopic (exact) mass is 242 g/mol. The Balaban J connectivity index is 1.62. The fourth-order valence-corrected chi connectivity index (χ4v) is 2.47. The van der Waals surface area contributed by atoms with Gasteiger partial charge in [0.1, 0.15) is 0 Å². The molecule has 0 aromatic carbocycles. The Morgan fingerprint density at radius 3 is 3.00 bits per heavy atom. The van der Waals surface area contributed by atoms with Crippen molar-refractivity contribution in [2.45, 2.75) is 37.9 Å². The molecular weight excluding hydrogens is 220 g/mol. The second-order valence-corrected chi connectivity index (χ2v) is 4.97. The van der Waals surface area contributed by atoms with Crippen LogP contribution in [0.2, 0.25) is 0 Å². The lowest BCUT2D eigenvalue weighted by molar-refractivity contribution is -0.123. The summed E-state index contributed by atoms with van der Waals surface area (Å²) < 4.78 is 5.44. The van der Waals surface area contributed by atoms with Crippen molar-refractivity contribution in [3.8, 4) is 0 Å². The Bertz CT molecular complexity index is 254. The van der Waals surface area contributed by atoms with Crippen LogP contribution in [-0.4, -0.2) is 60.9 Å². The molecule has 98 valence electrons. The van der Waals surface area contributed by atoms with Gasteiger partial charge in [-0.3, -0.25) is 9.69 Å². The number of hydrogen-bond acceptors (Lipinski definition) is 4. The maximum atomic E-state index is 11.7. The van der Waals surface area contributed by atoms with Gasteiger partial charge in [0.25, 0.3) is 0 Å². The number of hydrogen-bond donors (Lipinski definition) is 2. The topological polar surface area (TPSA) is 61.8 Å². The predicted molar refractivity (Wildman–Crippen MR) is 63.7 cm³/mol. The van der Waals surface area contributed by atoms with E-state index in [-0.39, 0.29) is 18.1 Å². The number of ether oxygens (including phenoxy) is 1. The van der Waals surface area contributed by atoms with E-state index in [1.54, 1.807) is 0 Å². The first-order valence-corrected chi connectivity index (χ1v) is 6.53. The van der Waals surface area contributed by atoms with Crippen LogP contribution in [0.15, 0.2) is 0 Å². The average molecular weight is 242 g/mol. The highest BCUT2D eigenvalue weighted by molar-refractivity contribution is 5.78.